The second kappa shape index (κ2) is 104. The number of carbonyl (C=O) groups excluding carboxylic acids is 10. The van der Waals surface area contributed by atoms with E-state index < -0.39 is 23.9 Å². The molecule has 0 saturated carbocycles. The van der Waals surface area contributed by atoms with E-state index in [1.165, 1.54) is 140 Å². The second-order valence-electron chi connectivity index (χ2n) is 9.91. The van der Waals surface area contributed by atoms with Crippen molar-refractivity contribution < 1.29 is 140 Å². The third-order valence-corrected chi connectivity index (χ3v) is 2.99. The number of hydrogen-bond acceptors (Lipinski definition) is 25. The number of carbonyl (C=O) groups is 14. The van der Waals surface area contributed by atoms with Gasteiger partial charge in [-0.3, -0.25) is 67.1 Å². The number of ether oxygens (including phenoxy) is 10. The summed E-state index contributed by atoms with van der Waals surface area (Å²) in [6.07, 6.45) is 0. The molecule has 422 valence electrons. The average molecular weight is 1040 g/mol. The molecule has 0 aliphatic carbocycles. The van der Waals surface area contributed by atoms with E-state index in [1.54, 1.807) is 0 Å². The molecule has 0 saturated heterocycles. The van der Waals surface area contributed by atoms with E-state index in [1.807, 2.05) is 0 Å². The number of hydrogen-bond donors (Lipinski definition) is 5. The molecular formula is C41H84O29. The lowest BCUT2D eigenvalue weighted by Crippen LogP contribution is -1.98. The maximum Gasteiger partial charge on any atom is 0.302 e. The van der Waals surface area contributed by atoms with Crippen LogP contribution in [0.25, 0.3) is 0 Å². The predicted octanol–water partition coefficient (Wildman–Crippen LogP) is 1.85. The molecule has 0 atom stereocenters. The van der Waals surface area contributed by atoms with Crippen molar-refractivity contribution in [1.82, 2.24) is 0 Å². The first-order valence-electron chi connectivity index (χ1n) is 18.2. The van der Waals surface area contributed by atoms with Crippen molar-refractivity contribution in [2.45, 2.75) is 96.9 Å². The van der Waals surface area contributed by atoms with Crippen LogP contribution in [0.3, 0.4) is 0 Å². The fourth-order valence-electron chi connectivity index (χ4n) is 0.407. The van der Waals surface area contributed by atoms with Gasteiger partial charge in [0.1, 0.15) is 13.2 Å². The summed E-state index contributed by atoms with van der Waals surface area (Å²) in [6, 6.07) is 0. The molecule has 0 fully saturated rings. The molecule has 29 nitrogen and oxygen atoms in total. The predicted molar refractivity (Wildman–Crippen MR) is 248 cm³/mol. The van der Waals surface area contributed by atoms with Gasteiger partial charge in [-0.1, -0.05) is 0 Å². The van der Waals surface area contributed by atoms with Crippen LogP contribution in [0.2, 0.25) is 0 Å². The molecule has 0 heterocycles. The summed E-state index contributed by atoms with van der Waals surface area (Å²) in [5.74, 6) is -5.16. The summed E-state index contributed by atoms with van der Waals surface area (Å²) in [6.45, 7) is 18.7. The highest BCUT2D eigenvalue weighted by molar-refractivity contribution is 5.77. The molecule has 0 radical (unpaired) electrons. The number of Topliss-reactive ketones (excluding diaryl/α,β-unsaturated/α-hetero) is 2. The van der Waals surface area contributed by atoms with E-state index in [9.17, 15) is 47.9 Å². The van der Waals surface area contributed by atoms with Crippen LogP contribution in [0.4, 0.5) is 0 Å². The monoisotopic (exact) mass is 1040 g/mol. The zero-order valence-electron chi connectivity index (χ0n) is 45.4. The maximum absolute atomic E-state index is 9.92. The molecule has 29 heteroatoms. The van der Waals surface area contributed by atoms with Crippen LogP contribution >= 0.6 is 0 Å². The van der Waals surface area contributed by atoms with Crippen molar-refractivity contribution in [3.05, 3.63) is 0 Å². The van der Waals surface area contributed by atoms with Crippen LogP contribution in [-0.2, 0) is 114 Å². The molecular weight excluding hydrogens is 956 g/mol. The van der Waals surface area contributed by atoms with Crippen LogP contribution < -0.4 is 0 Å². The Balaban J connectivity index is -0.0000000358. The largest absolute Gasteiger partial charge is 0.481 e. The topological polar surface area (TPSA) is 432 Å². The first kappa shape index (κ1) is 105. The molecule has 0 rings (SSSR count). The number of aliphatic hydroxyl groups excluding tert-OH is 1. The minimum Gasteiger partial charge on any atom is -0.481 e. The van der Waals surface area contributed by atoms with Gasteiger partial charge in [-0.15, -0.1) is 0 Å². The molecule has 0 spiro atoms. The van der Waals surface area contributed by atoms with Gasteiger partial charge in [-0.25, -0.2) is 0 Å². The van der Waals surface area contributed by atoms with Crippen LogP contribution in [0, 0.1) is 0 Å². The van der Waals surface area contributed by atoms with Crippen LogP contribution in [0.5, 0.6) is 0 Å². The standard InChI is InChI=1S/2C4H8O2.8C3H6O2.4C2H4O2.CH4O/c2*1-4(5)3-6-2;8*1-3(4)5-2;4*1-2(3)4;1-2/h2*3H2,1-2H3;8*1-2H3;4*1H3,(H,3,4);2H,1H3. The van der Waals surface area contributed by atoms with Crippen molar-refractivity contribution in [3.63, 3.8) is 0 Å². The van der Waals surface area contributed by atoms with Gasteiger partial charge < -0.3 is 72.9 Å². The van der Waals surface area contributed by atoms with Crippen LogP contribution in [-0.4, -0.2) is 200 Å². The van der Waals surface area contributed by atoms with Gasteiger partial charge in [0.2, 0.25) is 0 Å². The zero-order chi connectivity index (χ0) is 60.6. The number of carboxylic acid groups (broad SMARTS) is 4. The molecule has 0 aromatic carbocycles. The Kier molecular flexibility index (Phi) is 157. The fourth-order valence-corrected chi connectivity index (χ4v) is 0.407. The number of carboxylic acids is 4. The normalized spacial score (nSPS) is 6.83. The van der Waals surface area contributed by atoms with Gasteiger partial charge >= 0.3 is 47.8 Å². The molecule has 0 bridgehead atoms. The summed E-state index contributed by atoms with van der Waals surface area (Å²) < 4.78 is 41.8. The Bertz CT molecular complexity index is 1030. The summed E-state index contributed by atoms with van der Waals surface area (Å²) in [5, 5.41) is 36.7. The molecule has 70 heavy (non-hydrogen) atoms. The number of aliphatic carboxylic acids is 4. The number of aliphatic hydroxyl groups is 1. The first-order chi connectivity index (χ1) is 31.6. The Labute approximate surface area is 411 Å². The van der Waals surface area contributed by atoms with Gasteiger partial charge in [0.15, 0.2) is 11.6 Å². The van der Waals surface area contributed by atoms with Gasteiger partial charge in [-0.2, -0.15) is 0 Å². The molecule has 0 unspecified atom stereocenters. The van der Waals surface area contributed by atoms with Crippen molar-refractivity contribution in [1.29, 1.82) is 0 Å². The van der Waals surface area contributed by atoms with Gasteiger partial charge in [0.05, 0.1) is 56.9 Å². The molecule has 0 aliphatic rings. The smallest absolute Gasteiger partial charge is 0.302 e. The quantitative estimate of drug-likeness (QED) is 0.198. The average Bonchev–Trinajstić information content (AvgIpc) is 3.22. The number of rotatable bonds is 4. The third kappa shape index (κ3) is 988. The van der Waals surface area contributed by atoms with E-state index in [0.29, 0.717) is 0 Å². The zero-order valence-corrected chi connectivity index (χ0v) is 45.4. The third-order valence-electron chi connectivity index (χ3n) is 2.99. The van der Waals surface area contributed by atoms with E-state index >= 15 is 0 Å². The maximum atomic E-state index is 9.92. The molecule has 0 amide bonds. The van der Waals surface area contributed by atoms with E-state index in [2.05, 4.69) is 47.4 Å². The van der Waals surface area contributed by atoms with Crippen LogP contribution in [0.1, 0.15) is 96.9 Å². The summed E-state index contributed by atoms with van der Waals surface area (Å²) in [4.78, 5) is 133. The first-order valence-corrected chi connectivity index (χ1v) is 18.2. The van der Waals surface area contributed by atoms with Crippen molar-refractivity contribution in [3.8, 4) is 0 Å². The van der Waals surface area contributed by atoms with E-state index in [-0.39, 0.29) is 72.5 Å². The highest BCUT2D eigenvalue weighted by Gasteiger charge is 1.84. The van der Waals surface area contributed by atoms with E-state index in [4.69, 9.17) is 44.7 Å². The van der Waals surface area contributed by atoms with E-state index in [0.717, 1.165) is 34.8 Å². The summed E-state index contributed by atoms with van der Waals surface area (Å²) >= 11 is 0. The van der Waals surface area contributed by atoms with Gasteiger partial charge in [0, 0.05) is 104 Å². The lowest BCUT2D eigenvalue weighted by atomic mass is 10.5. The van der Waals surface area contributed by atoms with Crippen LogP contribution in [0.15, 0.2) is 0 Å². The fraction of sp³-hybridized carbons (Fsp3) is 0.659. The minimum atomic E-state index is -0.833. The Hall–Kier alpha value is -7.14. The SMILES string of the molecule is CC(=O)O.CC(=O)O.CC(=O)O.CC(=O)O.CO.COC(C)=O.COC(C)=O.COC(C)=O.COC(C)=O.COC(C)=O.COC(C)=O.COC(C)=O.COC(C)=O.COCC(C)=O.COCC(C)=O. The molecule has 0 aliphatic heterocycles. The van der Waals surface area contributed by atoms with Gasteiger partial charge in [-0.05, 0) is 13.8 Å². The highest BCUT2D eigenvalue weighted by atomic mass is 16.5. The molecule has 5 N–H and O–H groups in total. The lowest BCUT2D eigenvalue weighted by Gasteiger charge is -1.84. The number of methoxy groups -OCH3 is 10. The highest BCUT2D eigenvalue weighted by Crippen LogP contribution is 1.67. The number of ketones is 2. The Morgan fingerprint density at radius 1 is 0.243 bits per heavy atom. The van der Waals surface area contributed by atoms with Crippen molar-refractivity contribution in [2.24, 2.45) is 0 Å². The van der Waals surface area contributed by atoms with Crippen molar-refractivity contribution >= 4 is 83.2 Å². The Morgan fingerprint density at radius 2 is 0.300 bits per heavy atom. The molecule has 0 aromatic rings. The number of esters is 8. The second-order valence-corrected chi connectivity index (χ2v) is 9.91. The summed E-state index contributed by atoms with van der Waals surface area (Å²) in [7, 11) is 14.8. The van der Waals surface area contributed by atoms with Crippen molar-refractivity contribution in [2.75, 3.05) is 91.4 Å². The Morgan fingerprint density at radius 3 is 0.300 bits per heavy atom. The minimum absolute atomic E-state index is 0.0671. The molecule has 0 aromatic heterocycles. The summed E-state index contributed by atoms with van der Waals surface area (Å²) in [5.41, 5.74) is 0. The lowest BCUT2D eigenvalue weighted by molar-refractivity contribution is -0.138. The van der Waals surface area contributed by atoms with Gasteiger partial charge in [0.25, 0.3) is 23.9 Å².